The van der Waals surface area contributed by atoms with Crippen molar-refractivity contribution in [3.05, 3.63) is 82.9 Å². The van der Waals surface area contributed by atoms with E-state index in [0.29, 0.717) is 40.0 Å². The van der Waals surface area contributed by atoms with Crippen LogP contribution in [0.3, 0.4) is 0 Å². The summed E-state index contributed by atoms with van der Waals surface area (Å²) < 4.78 is 15.9. The molecule has 10 nitrogen and oxygen atoms in total. The Hall–Kier alpha value is -5.06. The van der Waals surface area contributed by atoms with Gasteiger partial charge in [-0.3, -0.25) is 14.9 Å². The normalized spacial score (nSPS) is 15.9. The van der Waals surface area contributed by atoms with Crippen LogP contribution in [0.25, 0.3) is 22.9 Å². The zero-order valence-corrected chi connectivity index (χ0v) is 20.9. The lowest BCUT2D eigenvalue weighted by Crippen LogP contribution is -2.22. The smallest absolute Gasteiger partial charge is 0.326 e. The topological polar surface area (TPSA) is 130 Å². The van der Waals surface area contributed by atoms with Crippen LogP contribution in [0.1, 0.15) is 41.3 Å². The quantitative estimate of drug-likeness (QED) is 0.155. The van der Waals surface area contributed by atoms with Gasteiger partial charge >= 0.3 is 6.03 Å². The molecule has 0 unspecified atom stereocenters. The SMILES string of the molecule is CC(=O)c1cccc(-c2ccc(F)cc2CNc2cc(NC3CC3)n3ncc(/C=C4\NC(=O)NC4=O)c3n2)c1. The maximum Gasteiger partial charge on any atom is 0.326 e. The Morgan fingerprint density at radius 1 is 1.15 bits per heavy atom. The second-order valence-corrected chi connectivity index (χ2v) is 9.54. The lowest BCUT2D eigenvalue weighted by atomic mass is 9.97. The molecule has 11 heteroatoms. The number of amides is 3. The second-order valence-electron chi connectivity index (χ2n) is 9.54. The summed E-state index contributed by atoms with van der Waals surface area (Å²) in [4.78, 5) is 40.2. The Bertz CT molecular complexity index is 1690. The van der Waals surface area contributed by atoms with Gasteiger partial charge in [0.1, 0.15) is 23.1 Å². The number of carbonyl (C=O) groups excluding carboxylic acids is 3. The molecule has 0 atom stereocenters. The van der Waals surface area contributed by atoms with Crippen LogP contribution in [0.4, 0.5) is 20.8 Å². The van der Waals surface area contributed by atoms with E-state index in [-0.39, 0.29) is 23.8 Å². The van der Waals surface area contributed by atoms with E-state index in [1.807, 2.05) is 12.1 Å². The molecule has 2 aromatic heterocycles. The van der Waals surface area contributed by atoms with Crippen LogP contribution >= 0.6 is 0 Å². The number of aromatic nitrogens is 3. The molecule has 1 saturated carbocycles. The third kappa shape index (κ3) is 5.06. The molecule has 2 fully saturated rings. The van der Waals surface area contributed by atoms with E-state index >= 15 is 0 Å². The van der Waals surface area contributed by atoms with Crippen LogP contribution in [-0.2, 0) is 11.3 Å². The van der Waals surface area contributed by atoms with Gasteiger partial charge in [-0.1, -0.05) is 24.3 Å². The first-order chi connectivity index (χ1) is 18.8. The van der Waals surface area contributed by atoms with E-state index in [1.165, 1.54) is 25.1 Å². The van der Waals surface area contributed by atoms with E-state index in [2.05, 4.69) is 26.4 Å². The zero-order valence-electron chi connectivity index (χ0n) is 20.9. The monoisotopic (exact) mass is 525 g/mol. The van der Waals surface area contributed by atoms with Crippen molar-refractivity contribution in [1.29, 1.82) is 0 Å². The van der Waals surface area contributed by atoms with E-state index < -0.39 is 11.9 Å². The molecule has 3 heterocycles. The number of ketones is 1. The summed E-state index contributed by atoms with van der Waals surface area (Å²) in [7, 11) is 0. The molecule has 6 rings (SSSR count). The highest BCUT2D eigenvalue weighted by Gasteiger charge is 2.25. The third-order valence-electron chi connectivity index (χ3n) is 6.56. The molecular weight excluding hydrogens is 501 g/mol. The number of benzene rings is 2. The number of urea groups is 1. The van der Waals surface area contributed by atoms with Crippen molar-refractivity contribution < 1.29 is 18.8 Å². The number of nitrogens with one attached hydrogen (secondary N) is 4. The molecule has 4 aromatic rings. The van der Waals surface area contributed by atoms with Gasteiger partial charge in [-0.2, -0.15) is 9.61 Å². The third-order valence-corrected chi connectivity index (χ3v) is 6.56. The number of nitrogens with zero attached hydrogens (tertiary/aromatic N) is 3. The summed E-state index contributed by atoms with van der Waals surface area (Å²) in [6.45, 7) is 1.77. The van der Waals surface area contributed by atoms with Crippen LogP contribution < -0.4 is 21.3 Å². The molecular formula is C28H24FN7O3. The molecule has 2 aromatic carbocycles. The van der Waals surface area contributed by atoms with Crippen molar-refractivity contribution >= 4 is 41.1 Å². The maximum absolute atomic E-state index is 14.3. The van der Waals surface area contributed by atoms with Gasteiger partial charge in [-0.25, -0.2) is 14.2 Å². The van der Waals surface area contributed by atoms with E-state index in [1.54, 1.807) is 35.0 Å². The Balaban J connectivity index is 1.35. The molecule has 0 spiro atoms. The number of anilines is 2. The van der Waals surface area contributed by atoms with Crippen molar-refractivity contribution in [2.45, 2.75) is 32.4 Å². The first-order valence-corrected chi connectivity index (χ1v) is 12.5. The van der Waals surface area contributed by atoms with Crippen LogP contribution in [0.2, 0.25) is 0 Å². The molecule has 1 saturated heterocycles. The number of Topliss-reactive ketones (excluding diaryl/α,β-unsaturated/α-hetero) is 1. The fourth-order valence-corrected chi connectivity index (χ4v) is 4.43. The number of rotatable bonds is 8. The Labute approximate surface area is 222 Å². The first kappa shape index (κ1) is 24.3. The minimum absolute atomic E-state index is 0.0481. The molecule has 1 aliphatic heterocycles. The highest BCUT2D eigenvalue weighted by Crippen LogP contribution is 2.29. The van der Waals surface area contributed by atoms with Gasteiger partial charge in [0.05, 0.1) is 6.20 Å². The van der Waals surface area contributed by atoms with Gasteiger partial charge < -0.3 is 16.0 Å². The minimum atomic E-state index is -0.589. The summed E-state index contributed by atoms with van der Waals surface area (Å²) in [6, 6.07) is 13.4. The van der Waals surface area contributed by atoms with Crippen LogP contribution in [0.15, 0.2) is 60.4 Å². The standard InChI is InChI=1S/C28H24FN7O3/c1-15(37)16-3-2-4-17(9-16)22-8-5-20(29)10-18(22)13-30-24-12-25(32-21-6-7-21)36-26(34-24)19(14-31-36)11-23-27(38)35-28(39)33-23/h2-5,8-12,14,21,32H,6-7,13H2,1H3,(H,30,34)(H2,33,35,38,39)/b23-11-. The largest absolute Gasteiger partial charge is 0.367 e. The summed E-state index contributed by atoms with van der Waals surface area (Å²) in [6.07, 6.45) is 5.18. The lowest BCUT2D eigenvalue weighted by molar-refractivity contribution is -0.115. The summed E-state index contributed by atoms with van der Waals surface area (Å²) in [5, 5.41) is 15.8. The molecule has 3 amide bonds. The van der Waals surface area contributed by atoms with Crippen LogP contribution in [-0.4, -0.2) is 38.4 Å². The molecule has 0 bridgehead atoms. The van der Waals surface area contributed by atoms with Crippen molar-refractivity contribution in [1.82, 2.24) is 25.2 Å². The van der Waals surface area contributed by atoms with Gasteiger partial charge in [0, 0.05) is 29.8 Å². The van der Waals surface area contributed by atoms with E-state index in [0.717, 1.165) is 24.0 Å². The first-order valence-electron chi connectivity index (χ1n) is 12.5. The zero-order chi connectivity index (χ0) is 27.1. The molecule has 0 radical (unpaired) electrons. The van der Waals surface area contributed by atoms with Crippen LogP contribution in [0.5, 0.6) is 0 Å². The molecule has 1 aliphatic carbocycles. The number of fused-ring (bicyclic) bond motifs is 1. The van der Waals surface area contributed by atoms with Crippen molar-refractivity contribution in [3.63, 3.8) is 0 Å². The number of hydrogen-bond donors (Lipinski definition) is 4. The fourth-order valence-electron chi connectivity index (χ4n) is 4.43. The highest BCUT2D eigenvalue weighted by molar-refractivity contribution is 6.14. The number of hydrogen-bond acceptors (Lipinski definition) is 7. The average molecular weight is 526 g/mol. The number of carbonyl (C=O) groups is 3. The Kier molecular flexibility index (Phi) is 6.02. The van der Waals surface area contributed by atoms with Crippen molar-refractivity contribution in [2.75, 3.05) is 10.6 Å². The minimum Gasteiger partial charge on any atom is -0.367 e. The summed E-state index contributed by atoms with van der Waals surface area (Å²) in [5.41, 5.74) is 3.98. The van der Waals surface area contributed by atoms with Gasteiger partial charge in [-0.15, -0.1) is 0 Å². The number of imide groups is 1. The second kappa shape index (κ2) is 9.67. The predicted octanol–water partition coefficient (Wildman–Crippen LogP) is 4.10. The molecule has 4 N–H and O–H groups in total. The van der Waals surface area contributed by atoms with Gasteiger partial charge in [0.2, 0.25) is 0 Å². The lowest BCUT2D eigenvalue weighted by Gasteiger charge is -2.14. The average Bonchev–Trinajstić information content (AvgIpc) is 3.55. The van der Waals surface area contributed by atoms with Crippen molar-refractivity contribution in [2.24, 2.45) is 0 Å². The van der Waals surface area contributed by atoms with Gasteiger partial charge in [-0.05, 0) is 60.7 Å². The van der Waals surface area contributed by atoms with Gasteiger partial charge in [0.15, 0.2) is 11.4 Å². The predicted molar refractivity (Wildman–Crippen MR) is 143 cm³/mol. The summed E-state index contributed by atoms with van der Waals surface area (Å²) in [5.74, 6) is 0.270. The maximum atomic E-state index is 14.3. The van der Waals surface area contributed by atoms with E-state index in [9.17, 15) is 18.8 Å². The number of halogens is 1. The Morgan fingerprint density at radius 3 is 2.74 bits per heavy atom. The highest BCUT2D eigenvalue weighted by atomic mass is 19.1. The summed E-state index contributed by atoms with van der Waals surface area (Å²) >= 11 is 0. The van der Waals surface area contributed by atoms with Crippen LogP contribution in [0, 0.1) is 5.82 Å². The Morgan fingerprint density at radius 2 is 2.00 bits per heavy atom. The van der Waals surface area contributed by atoms with Gasteiger partial charge in [0.25, 0.3) is 5.91 Å². The van der Waals surface area contributed by atoms with Crippen molar-refractivity contribution in [3.8, 4) is 11.1 Å². The molecule has 196 valence electrons. The molecule has 39 heavy (non-hydrogen) atoms. The van der Waals surface area contributed by atoms with E-state index in [4.69, 9.17) is 4.98 Å². The fraction of sp³-hybridized carbons (Fsp3) is 0.179. The molecule has 2 aliphatic rings.